The molecule has 0 bridgehead atoms. The van der Waals surface area contributed by atoms with Crippen LogP contribution in [0.2, 0.25) is 5.02 Å². The van der Waals surface area contributed by atoms with Crippen LogP contribution in [-0.2, 0) is 17.8 Å². The molecule has 0 amide bonds. The number of rotatable bonds is 10. The molecule has 30 heavy (non-hydrogen) atoms. The molecule has 7 heteroatoms. The molecule has 1 aliphatic heterocycles. The molecule has 2 aromatic rings. The van der Waals surface area contributed by atoms with Gasteiger partial charge in [-0.25, -0.2) is 0 Å². The van der Waals surface area contributed by atoms with E-state index in [0.717, 1.165) is 44.9 Å². The van der Waals surface area contributed by atoms with Gasteiger partial charge in [0.15, 0.2) is 11.5 Å². The van der Waals surface area contributed by atoms with Gasteiger partial charge in [0.2, 0.25) is 0 Å². The second-order valence-corrected chi connectivity index (χ2v) is 8.33. The lowest BCUT2D eigenvalue weighted by atomic mass is 9.95. The van der Waals surface area contributed by atoms with Crippen molar-refractivity contribution in [2.24, 2.45) is 5.92 Å². The van der Waals surface area contributed by atoms with Crippen molar-refractivity contribution in [3.05, 3.63) is 52.8 Å². The fraction of sp³-hybridized carbons (Fsp3) is 0.522. The van der Waals surface area contributed by atoms with Crippen molar-refractivity contribution in [2.75, 3.05) is 47.0 Å². The first-order valence-corrected chi connectivity index (χ1v) is 10.8. The Labute approximate surface area is 184 Å². The molecule has 0 radical (unpaired) electrons. The molecule has 6 nitrogen and oxygen atoms in total. The van der Waals surface area contributed by atoms with Crippen LogP contribution in [0.3, 0.4) is 0 Å². The van der Waals surface area contributed by atoms with Gasteiger partial charge in [0.25, 0.3) is 0 Å². The normalized spacial score (nSPS) is 15.6. The minimum absolute atomic E-state index is 0.0652. The fourth-order valence-electron chi connectivity index (χ4n) is 4.02. The van der Waals surface area contributed by atoms with Gasteiger partial charge in [0, 0.05) is 56.8 Å². The summed E-state index contributed by atoms with van der Waals surface area (Å²) in [7, 11) is 3.31. The summed E-state index contributed by atoms with van der Waals surface area (Å²) in [6, 6.07) is 7.51. The number of likely N-dealkylation sites (tertiary alicyclic amines) is 1. The van der Waals surface area contributed by atoms with E-state index in [1.807, 2.05) is 18.5 Å². The van der Waals surface area contributed by atoms with Crippen LogP contribution in [0.1, 0.15) is 24.0 Å². The molecule has 1 aliphatic rings. The van der Waals surface area contributed by atoms with E-state index in [0.29, 0.717) is 23.2 Å². The van der Waals surface area contributed by atoms with Crippen LogP contribution < -0.4 is 4.74 Å². The van der Waals surface area contributed by atoms with Crippen molar-refractivity contribution < 1.29 is 14.6 Å². The summed E-state index contributed by atoms with van der Waals surface area (Å²) < 4.78 is 10.5. The van der Waals surface area contributed by atoms with Crippen LogP contribution in [-0.4, -0.2) is 66.9 Å². The molecule has 1 aromatic carbocycles. The standard InChI is InChI=1S/C23H32ClN3O3/c1-29-12-11-26-9-5-19(6-10-26)16-27(15-18-3-7-25-8-4-18)17-20-13-23(30-2)22(28)14-21(20)24/h3-4,7-8,13-14,19,28H,5-6,9-12,15-17H2,1-2H3. The van der Waals surface area contributed by atoms with Crippen LogP contribution in [0.25, 0.3) is 0 Å². The minimum Gasteiger partial charge on any atom is -0.504 e. The van der Waals surface area contributed by atoms with Crippen molar-refractivity contribution in [3.8, 4) is 11.5 Å². The number of hydrogen-bond donors (Lipinski definition) is 1. The second-order valence-electron chi connectivity index (χ2n) is 7.92. The number of aromatic nitrogens is 1. The maximum Gasteiger partial charge on any atom is 0.160 e. The molecular formula is C23H32ClN3O3. The first kappa shape index (κ1) is 22.8. The van der Waals surface area contributed by atoms with E-state index in [1.165, 1.54) is 18.4 Å². The number of hydrogen-bond acceptors (Lipinski definition) is 6. The Hall–Kier alpha value is -1.86. The summed E-state index contributed by atoms with van der Waals surface area (Å²) >= 11 is 6.45. The Morgan fingerprint density at radius 3 is 2.57 bits per heavy atom. The van der Waals surface area contributed by atoms with Gasteiger partial charge in [0.05, 0.1) is 13.7 Å². The number of halogens is 1. The summed E-state index contributed by atoms with van der Waals surface area (Å²) in [6.45, 7) is 6.55. The Balaban J connectivity index is 1.69. The quantitative estimate of drug-likeness (QED) is 0.614. The Morgan fingerprint density at radius 1 is 1.17 bits per heavy atom. The smallest absolute Gasteiger partial charge is 0.160 e. The van der Waals surface area contributed by atoms with Gasteiger partial charge in [-0.1, -0.05) is 11.6 Å². The maximum absolute atomic E-state index is 9.99. The van der Waals surface area contributed by atoms with Crippen molar-refractivity contribution >= 4 is 11.6 Å². The molecule has 0 spiro atoms. The maximum atomic E-state index is 9.99. The molecule has 1 fully saturated rings. The Kier molecular flexibility index (Phi) is 8.75. The number of phenolic OH excluding ortho intramolecular Hbond substituents is 1. The highest BCUT2D eigenvalue weighted by atomic mass is 35.5. The van der Waals surface area contributed by atoms with E-state index in [4.69, 9.17) is 21.1 Å². The number of piperidine rings is 1. The summed E-state index contributed by atoms with van der Waals surface area (Å²) in [4.78, 5) is 9.05. The van der Waals surface area contributed by atoms with Gasteiger partial charge in [-0.2, -0.15) is 0 Å². The van der Waals surface area contributed by atoms with Gasteiger partial charge >= 0.3 is 0 Å². The lowest BCUT2D eigenvalue weighted by Crippen LogP contribution is -2.39. The highest BCUT2D eigenvalue weighted by Gasteiger charge is 2.22. The third-order valence-electron chi connectivity index (χ3n) is 5.73. The molecule has 2 heterocycles. The highest BCUT2D eigenvalue weighted by molar-refractivity contribution is 6.31. The largest absolute Gasteiger partial charge is 0.504 e. The average Bonchev–Trinajstić information content (AvgIpc) is 2.76. The summed E-state index contributed by atoms with van der Waals surface area (Å²) in [5.41, 5.74) is 2.18. The summed E-state index contributed by atoms with van der Waals surface area (Å²) in [6.07, 6.45) is 6.03. The molecular weight excluding hydrogens is 402 g/mol. The van der Waals surface area contributed by atoms with Crippen molar-refractivity contribution in [3.63, 3.8) is 0 Å². The molecule has 1 saturated heterocycles. The molecule has 0 saturated carbocycles. The topological polar surface area (TPSA) is 58.1 Å². The van der Waals surface area contributed by atoms with Crippen LogP contribution in [0.15, 0.2) is 36.7 Å². The molecule has 1 aromatic heterocycles. The first-order chi connectivity index (χ1) is 14.6. The first-order valence-electron chi connectivity index (χ1n) is 10.5. The zero-order chi connectivity index (χ0) is 21.3. The number of pyridine rings is 1. The number of aromatic hydroxyl groups is 1. The molecule has 164 valence electrons. The van der Waals surface area contributed by atoms with Gasteiger partial charge in [-0.3, -0.25) is 9.88 Å². The lowest BCUT2D eigenvalue weighted by molar-refractivity contribution is 0.104. The highest BCUT2D eigenvalue weighted by Crippen LogP contribution is 2.33. The van der Waals surface area contributed by atoms with Crippen LogP contribution in [0.4, 0.5) is 0 Å². The van der Waals surface area contributed by atoms with Crippen molar-refractivity contribution in [1.82, 2.24) is 14.8 Å². The van der Waals surface area contributed by atoms with E-state index in [1.54, 1.807) is 20.3 Å². The van der Waals surface area contributed by atoms with Crippen LogP contribution >= 0.6 is 11.6 Å². The van der Waals surface area contributed by atoms with Gasteiger partial charge in [-0.05, 0) is 61.2 Å². The van der Waals surface area contributed by atoms with E-state index in [2.05, 4.69) is 26.9 Å². The van der Waals surface area contributed by atoms with E-state index >= 15 is 0 Å². The molecule has 3 rings (SSSR count). The second kappa shape index (κ2) is 11.5. The fourth-order valence-corrected chi connectivity index (χ4v) is 4.24. The number of methoxy groups -OCH3 is 2. The Morgan fingerprint density at radius 2 is 1.90 bits per heavy atom. The molecule has 0 atom stereocenters. The minimum atomic E-state index is 0.0652. The zero-order valence-corrected chi connectivity index (χ0v) is 18.6. The number of phenols is 1. The zero-order valence-electron chi connectivity index (χ0n) is 17.9. The molecule has 1 N–H and O–H groups in total. The SMILES string of the molecule is COCCN1CCC(CN(Cc2ccncc2)Cc2cc(OC)c(O)cc2Cl)CC1. The average molecular weight is 434 g/mol. The number of nitrogens with zero attached hydrogens (tertiary/aromatic N) is 3. The molecule has 0 unspecified atom stereocenters. The monoisotopic (exact) mass is 433 g/mol. The van der Waals surface area contributed by atoms with E-state index < -0.39 is 0 Å². The molecule has 0 aliphatic carbocycles. The van der Waals surface area contributed by atoms with Gasteiger partial charge < -0.3 is 19.5 Å². The Bertz CT molecular complexity index is 783. The third-order valence-corrected chi connectivity index (χ3v) is 6.08. The number of benzene rings is 1. The van der Waals surface area contributed by atoms with Crippen molar-refractivity contribution in [1.29, 1.82) is 0 Å². The number of ether oxygens (including phenoxy) is 2. The van der Waals surface area contributed by atoms with Gasteiger partial charge in [0.1, 0.15) is 0 Å². The third kappa shape index (κ3) is 6.57. The summed E-state index contributed by atoms with van der Waals surface area (Å²) in [5.74, 6) is 1.16. The predicted molar refractivity (Wildman–Crippen MR) is 119 cm³/mol. The van der Waals surface area contributed by atoms with Crippen molar-refractivity contribution in [2.45, 2.75) is 25.9 Å². The van der Waals surface area contributed by atoms with E-state index in [9.17, 15) is 5.11 Å². The van der Waals surface area contributed by atoms with E-state index in [-0.39, 0.29) is 5.75 Å². The lowest BCUT2D eigenvalue weighted by Gasteiger charge is -2.35. The van der Waals surface area contributed by atoms with Crippen LogP contribution in [0.5, 0.6) is 11.5 Å². The predicted octanol–water partition coefficient (Wildman–Crippen LogP) is 3.81. The van der Waals surface area contributed by atoms with Crippen LogP contribution in [0, 0.1) is 5.92 Å². The summed E-state index contributed by atoms with van der Waals surface area (Å²) in [5, 5.41) is 10.5. The van der Waals surface area contributed by atoms with Gasteiger partial charge in [-0.15, -0.1) is 0 Å².